The van der Waals surface area contributed by atoms with Crippen LogP contribution in [0.1, 0.15) is 17.0 Å². The number of rotatable bonds is 3. The molecular weight excluding hydrogens is 238 g/mol. The van der Waals surface area contributed by atoms with Crippen LogP contribution in [0.4, 0.5) is 5.69 Å². The van der Waals surface area contributed by atoms with E-state index in [1.807, 2.05) is 51.4 Å². The Hall–Kier alpha value is -2.36. The molecule has 4 nitrogen and oxygen atoms in total. The first-order chi connectivity index (χ1) is 9.04. The summed E-state index contributed by atoms with van der Waals surface area (Å²) in [5.74, 6) is 0. The predicted molar refractivity (Wildman–Crippen MR) is 79.3 cm³/mol. The van der Waals surface area contributed by atoms with E-state index >= 15 is 0 Å². The van der Waals surface area contributed by atoms with Crippen LogP contribution in [0.5, 0.6) is 0 Å². The molecule has 1 heterocycles. The summed E-state index contributed by atoms with van der Waals surface area (Å²) in [6.07, 6.45) is 3.79. The molecule has 1 aromatic carbocycles. The molecule has 0 radical (unpaired) electrons. The van der Waals surface area contributed by atoms with Gasteiger partial charge in [0.15, 0.2) is 0 Å². The first-order valence-electron chi connectivity index (χ1n) is 6.08. The van der Waals surface area contributed by atoms with E-state index in [1.165, 1.54) is 0 Å². The van der Waals surface area contributed by atoms with Gasteiger partial charge in [-0.05, 0) is 36.8 Å². The van der Waals surface area contributed by atoms with Crippen molar-refractivity contribution in [2.45, 2.75) is 6.92 Å². The molecule has 0 unspecified atom stereocenters. The maximum absolute atomic E-state index is 11.2. The van der Waals surface area contributed by atoms with Crippen molar-refractivity contribution in [1.82, 2.24) is 9.97 Å². The van der Waals surface area contributed by atoms with Crippen LogP contribution in [0.15, 0.2) is 35.1 Å². The Morgan fingerprint density at radius 1 is 1.16 bits per heavy atom. The third kappa shape index (κ3) is 3.55. The van der Waals surface area contributed by atoms with Gasteiger partial charge >= 0.3 is 5.69 Å². The van der Waals surface area contributed by atoms with Gasteiger partial charge in [0.1, 0.15) is 0 Å². The highest BCUT2D eigenvalue weighted by molar-refractivity contribution is 5.69. The lowest BCUT2D eigenvalue weighted by atomic mass is 10.1. The lowest BCUT2D eigenvalue weighted by molar-refractivity contribution is 1.02. The minimum atomic E-state index is -0.317. The maximum Gasteiger partial charge on any atom is 0.345 e. The summed E-state index contributed by atoms with van der Waals surface area (Å²) < 4.78 is 0. The molecule has 1 N–H and O–H groups in total. The zero-order valence-corrected chi connectivity index (χ0v) is 11.3. The zero-order chi connectivity index (χ0) is 13.8. The molecule has 0 fully saturated rings. The fourth-order valence-electron chi connectivity index (χ4n) is 1.75. The van der Waals surface area contributed by atoms with Crippen LogP contribution in [-0.4, -0.2) is 24.1 Å². The van der Waals surface area contributed by atoms with Crippen molar-refractivity contribution in [3.05, 3.63) is 57.8 Å². The molecule has 0 aliphatic rings. The topological polar surface area (TPSA) is 49.0 Å². The van der Waals surface area contributed by atoms with Crippen molar-refractivity contribution in [2.24, 2.45) is 0 Å². The van der Waals surface area contributed by atoms with E-state index in [-0.39, 0.29) is 5.69 Å². The molecule has 2 aromatic rings. The molecular formula is C15H17N3O. The van der Waals surface area contributed by atoms with Crippen LogP contribution in [0.2, 0.25) is 0 Å². The Bertz CT molecular complexity index is 639. The molecule has 0 spiro atoms. The van der Waals surface area contributed by atoms with E-state index in [2.05, 4.69) is 27.0 Å². The second-order valence-electron chi connectivity index (χ2n) is 4.61. The second-order valence-corrected chi connectivity index (χ2v) is 4.61. The van der Waals surface area contributed by atoms with E-state index in [0.29, 0.717) is 5.69 Å². The van der Waals surface area contributed by atoms with Crippen LogP contribution in [0.25, 0.3) is 12.2 Å². The molecule has 0 bridgehead atoms. The highest BCUT2D eigenvalue weighted by Crippen LogP contribution is 2.14. The van der Waals surface area contributed by atoms with Crippen LogP contribution in [0.3, 0.4) is 0 Å². The summed E-state index contributed by atoms with van der Waals surface area (Å²) in [6, 6.07) is 10.0. The quantitative estimate of drug-likeness (QED) is 0.915. The van der Waals surface area contributed by atoms with E-state index < -0.39 is 0 Å². The molecule has 19 heavy (non-hydrogen) atoms. The van der Waals surface area contributed by atoms with Gasteiger partial charge in [-0.2, -0.15) is 4.98 Å². The van der Waals surface area contributed by atoms with Gasteiger partial charge < -0.3 is 9.88 Å². The Balaban J connectivity index is 2.20. The largest absolute Gasteiger partial charge is 0.378 e. The summed E-state index contributed by atoms with van der Waals surface area (Å²) in [7, 11) is 4.02. The minimum Gasteiger partial charge on any atom is -0.378 e. The molecule has 0 saturated heterocycles. The van der Waals surface area contributed by atoms with Crippen LogP contribution < -0.4 is 10.6 Å². The van der Waals surface area contributed by atoms with Crippen molar-refractivity contribution in [3.63, 3.8) is 0 Å². The van der Waals surface area contributed by atoms with Crippen molar-refractivity contribution >= 4 is 17.8 Å². The first-order valence-corrected chi connectivity index (χ1v) is 6.08. The third-order valence-corrected chi connectivity index (χ3v) is 2.76. The van der Waals surface area contributed by atoms with E-state index in [1.54, 1.807) is 0 Å². The van der Waals surface area contributed by atoms with E-state index in [4.69, 9.17) is 0 Å². The fraction of sp³-hybridized carbons (Fsp3) is 0.200. The standard InChI is InChI=1S/C15H17N3O/c1-11-10-13(17-15(19)16-11)7-4-12-5-8-14(9-6-12)18(2)3/h4-10H,1-3H3,(H,16,17,19). The SMILES string of the molecule is Cc1cc(C=Cc2ccc(N(C)C)cc2)nc(=O)[nH]1. The molecule has 0 atom stereocenters. The van der Waals surface area contributed by atoms with Crippen molar-refractivity contribution in [1.29, 1.82) is 0 Å². The molecule has 1 aromatic heterocycles. The number of aromatic amines is 1. The van der Waals surface area contributed by atoms with Gasteiger partial charge in [-0.1, -0.05) is 18.2 Å². The van der Waals surface area contributed by atoms with Crippen molar-refractivity contribution in [3.8, 4) is 0 Å². The number of H-pyrrole nitrogens is 1. The summed E-state index contributed by atoms with van der Waals surface area (Å²) in [5, 5.41) is 0. The lowest BCUT2D eigenvalue weighted by Gasteiger charge is -2.11. The van der Waals surface area contributed by atoms with Gasteiger partial charge in [0.05, 0.1) is 5.69 Å². The highest BCUT2D eigenvalue weighted by atomic mass is 16.1. The number of anilines is 1. The number of hydrogen-bond donors (Lipinski definition) is 1. The second kappa shape index (κ2) is 5.52. The van der Waals surface area contributed by atoms with E-state index in [9.17, 15) is 4.79 Å². The molecule has 98 valence electrons. The predicted octanol–water partition coefficient (Wildman–Crippen LogP) is 2.31. The van der Waals surface area contributed by atoms with Gasteiger partial charge in [0.25, 0.3) is 0 Å². The van der Waals surface area contributed by atoms with Gasteiger partial charge in [-0.15, -0.1) is 0 Å². The maximum atomic E-state index is 11.2. The highest BCUT2D eigenvalue weighted by Gasteiger charge is 1.95. The summed E-state index contributed by atoms with van der Waals surface area (Å²) in [6.45, 7) is 1.84. The van der Waals surface area contributed by atoms with Crippen molar-refractivity contribution < 1.29 is 0 Å². The first kappa shape index (κ1) is 13.1. The third-order valence-electron chi connectivity index (χ3n) is 2.76. The average Bonchev–Trinajstić information content (AvgIpc) is 2.36. The number of nitrogens with zero attached hydrogens (tertiary/aromatic N) is 2. The number of aromatic nitrogens is 2. The number of hydrogen-bond acceptors (Lipinski definition) is 3. The fourth-order valence-corrected chi connectivity index (χ4v) is 1.75. The van der Waals surface area contributed by atoms with Crippen molar-refractivity contribution in [2.75, 3.05) is 19.0 Å². The monoisotopic (exact) mass is 255 g/mol. The van der Waals surface area contributed by atoms with E-state index in [0.717, 1.165) is 16.9 Å². The zero-order valence-electron chi connectivity index (χ0n) is 11.3. The molecule has 0 amide bonds. The average molecular weight is 255 g/mol. The summed E-state index contributed by atoms with van der Waals surface area (Å²) in [4.78, 5) is 19.8. The summed E-state index contributed by atoms with van der Waals surface area (Å²) in [5.41, 5.74) is 3.38. The van der Waals surface area contributed by atoms with Crippen LogP contribution >= 0.6 is 0 Å². The Morgan fingerprint density at radius 2 is 1.84 bits per heavy atom. The van der Waals surface area contributed by atoms with Gasteiger partial charge in [0, 0.05) is 25.5 Å². The molecule has 2 rings (SSSR count). The summed E-state index contributed by atoms with van der Waals surface area (Å²) >= 11 is 0. The minimum absolute atomic E-state index is 0.317. The number of benzene rings is 1. The Morgan fingerprint density at radius 3 is 2.42 bits per heavy atom. The number of aryl methyl sites for hydroxylation is 1. The van der Waals surface area contributed by atoms with Gasteiger partial charge in [0.2, 0.25) is 0 Å². The van der Waals surface area contributed by atoms with Crippen LogP contribution in [0, 0.1) is 6.92 Å². The molecule has 0 saturated carbocycles. The molecule has 0 aliphatic heterocycles. The Kier molecular flexibility index (Phi) is 3.80. The Labute approximate surface area is 112 Å². The van der Waals surface area contributed by atoms with Gasteiger partial charge in [-0.3, -0.25) is 0 Å². The van der Waals surface area contributed by atoms with Gasteiger partial charge in [-0.25, -0.2) is 4.79 Å². The normalized spacial score (nSPS) is 10.9. The molecule has 0 aliphatic carbocycles. The number of nitrogens with one attached hydrogen (secondary N) is 1. The molecule has 4 heteroatoms. The smallest absolute Gasteiger partial charge is 0.345 e. The van der Waals surface area contributed by atoms with Crippen LogP contribution in [-0.2, 0) is 0 Å². The lowest BCUT2D eigenvalue weighted by Crippen LogP contribution is -2.11.